The zero-order chi connectivity index (χ0) is 13.3. The van der Waals surface area contributed by atoms with Crippen molar-refractivity contribution < 1.29 is 14.4 Å². The lowest BCUT2D eigenvalue weighted by Crippen LogP contribution is -3.14. The van der Waals surface area contributed by atoms with Crippen molar-refractivity contribution in [3.63, 3.8) is 0 Å². The van der Waals surface area contributed by atoms with E-state index in [0.29, 0.717) is 13.2 Å². The van der Waals surface area contributed by atoms with E-state index in [1.165, 1.54) is 25.9 Å². The normalized spacial score (nSPS) is 23.2. The highest BCUT2D eigenvalue weighted by Gasteiger charge is 2.18. The number of rotatable bonds is 7. The summed E-state index contributed by atoms with van der Waals surface area (Å²) < 4.78 is 11.2. The zero-order valence-electron chi connectivity index (χ0n) is 11.9. The van der Waals surface area contributed by atoms with Crippen LogP contribution >= 0.6 is 0 Å². The Labute approximate surface area is 116 Å². The Morgan fingerprint density at radius 3 is 2.79 bits per heavy atom. The third-order valence-electron chi connectivity index (χ3n) is 3.70. The first-order valence-electron chi connectivity index (χ1n) is 7.44. The second-order valence-electron chi connectivity index (χ2n) is 5.48. The Kier molecular flexibility index (Phi) is 6.18. The Hall–Kier alpha value is -1.06. The number of nitrogens with one attached hydrogen (secondary N) is 1. The molecule has 19 heavy (non-hydrogen) atoms. The number of para-hydroxylation sites is 1. The Bertz CT molecular complexity index is 342. The predicted octanol–water partition coefficient (Wildman–Crippen LogP) is 1.40. The summed E-state index contributed by atoms with van der Waals surface area (Å²) in [6.45, 7) is 8.27. The molecule has 1 aromatic rings. The highest BCUT2D eigenvalue weighted by Crippen LogP contribution is 2.07. The van der Waals surface area contributed by atoms with Gasteiger partial charge in [0.15, 0.2) is 0 Å². The molecule has 1 aliphatic rings. The van der Waals surface area contributed by atoms with Crippen molar-refractivity contribution in [3.05, 3.63) is 30.3 Å². The fourth-order valence-electron chi connectivity index (χ4n) is 2.68. The van der Waals surface area contributed by atoms with Crippen LogP contribution < -0.4 is 9.64 Å². The van der Waals surface area contributed by atoms with E-state index in [2.05, 4.69) is 6.92 Å². The van der Waals surface area contributed by atoms with Crippen molar-refractivity contribution >= 4 is 0 Å². The third-order valence-corrected chi connectivity index (χ3v) is 3.70. The van der Waals surface area contributed by atoms with Crippen LogP contribution in [0.25, 0.3) is 0 Å². The standard InChI is InChI=1S/C16H25NO2/c1-15-6-5-9-17(14-15)10-11-18-12-13-19-16-7-3-2-4-8-16/h2-4,7-8,15H,5-6,9-14H2,1H3/p+1/t15-/m1/s1. The Morgan fingerprint density at radius 1 is 1.16 bits per heavy atom. The van der Waals surface area contributed by atoms with Crippen molar-refractivity contribution in [3.8, 4) is 5.75 Å². The average molecular weight is 264 g/mol. The van der Waals surface area contributed by atoms with E-state index < -0.39 is 0 Å². The topological polar surface area (TPSA) is 22.9 Å². The summed E-state index contributed by atoms with van der Waals surface area (Å²) in [5.74, 6) is 1.80. The molecule has 1 N–H and O–H groups in total. The highest BCUT2D eigenvalue weighted by atomic mass is 16.5. The molecule has 0 aromatic heterocycles. The molecule has 0 bridgehead atoms. The second kappa shape index (κ2) is 8.18. The van der Waals surface area contributed by atoms with E-state index in [9.17, 15) is 0 Å². The van der Waals surface area contributed by atoms with Gasteiger partial charge in [0.25, 0.3) is 0 Å². The lowest BCUT2D eigenvalue weighted by atomic mass is 10.0. The van der Waals surface area contributed by atoms with Crippen LogP contribution in [0.1, 0.15) is 19.8 Å². The fourth-order valence-corrected chi connectivity index (χ4v) is 2.68. The number of ether oxygens (including phenoxy) is 2. The van der Waals surface area contributed by atoms with Crippen LogP contribution in [0.15, 0.2) is 30.3 Å². The SMILES string of the molecule is C[C@@H]1CCC[NH+](CCOCCOc2ccccc2)C1. The molecule has 1 unspecified atom stereocenters. The van der Waals surface area contributed by atoms with Crippen molar-refractivity contribution in [2.75, 3.05) is 39.5 Å². The zero-order valence-corrected chi connectivity index (χ0v) is 11.9. The number of hydrogen-bond donors (Lipinski definition) is 1. The van der Waals surface area contributed by atoms with Gasteiger partial charge in [-0.05, 0) is 25.0 Å². The fraction of sp³-hybridized carbons (Fsp3) is 0.625. The van der Waals surface area contributed by atoms with E-state index in [-0.39, 0.29) is 0 Å². The van der Waals surface area contributed by atoms with Crippen LogP contribution in [-0.2, 0) is 4.74 Å². The first kappa shape index (κ1) is 14.4. The molecule has 1 heterocycles. The monoisotopic (exact) mass is 264 g/mol. The molecule has 2 atom stereocenters. The van der Waals surface area contributed by atoms with Gasteiger partial charge in [-0.2, -0.15) is 0 Å². The molecular weight excluding hydrogens is 238 g/mol. The molecule has 0 amide bonds. The summed E-state index contributed by atoms with van der Waals surface area (Å²) in [5.41, 5.74) is 0. The van der Waals surface area contributed by atoms with Crippen molar-refractivity contribution in [2.45, 2.75) is 19.8 Å². The molecule has 3 heteroatoms. The van der Waals surface area contributed by atoms with Gasteiger partial charge in [0.2, 0.25) is 0 Å². The Balaban J connectivity index is 1.48. The lowest BCUT2D eigenvalue weighted by molar-refractivity contribution is -0.908. The van der Waals surface area contributed by atoms with Crippen LogP contribution in [0.2, 0.25) is 0 Å². The molecule has 0 radical (unpaired) electrons. The smallest absolute Gasteiger partial charge is 0.119 e. The molecule has 0 spiro atoms. The molecule has 0 saturated carbocycles. The highest BCUT2D eigenvalue weighted by molar-refractivity contribution is 5.20. The first-order chi connectivity index (χ1) is 9.34. The molecule has 0 aliphatic carbocycles. The van der Waals surface area contributed by atoms with Gasteiger partial charge in [0.1, 0.15) is 18.9 Å². The maximum atomic E-state index is 5.65. The summed E-state index contributed by atoms with van der Waals surface area (Å²) >= 11 is 0. The summed E-state index contributed by atoms with van der Waals surface area (Å²) in [6.07, 6.45) is 2.77. The van der Waals surface area contributed by atoms with Gasteiger partial charge in [-0.3, -0.25) is 0 Å². The minimum absolute atomic E-state index is 0.635. The molecule has 2 rings (SSSR count). The maximum Gasteiger partial charge on any atom is 0.119 e. The van der Waals surface area contributed by atoms with Crippen LogP contribution in [0.3, 0.4) is 0 Å². The molecule has 1 aliphatic heterocycles. The minimum atomic E-state index is 0.635. The van der Waals surface area contributed by atoms with Gasteiger partial charge in [-0.15, -0.1) is 0 Å². The van der Waals surface area contributed by atoms with E-state index in [0.717, 1.165) is 24.8 Å². The summed E-state index contributed by atoms with van der Waals surface area (Å²) in [4.78, 5) is 1.70. The third kappa shape index (κ3) is 5.62. The van der Waals surface area contributed by atoms with Crippen molar-refractivity contribution in [2.24, 2.45) is 5.92 Å². The number of benzene rings is 1. The molecule has 106 valence electrons. The summed E-state index contributed by atoms with van der Waals surface area (Å²) in [7, 11) is 0. The lowest BCUT2D eigenvalue weighted by Gasteiger charge is -2.27. The molecule has 1 saturated heterocycles. The second-order valence-corrected chi connectivity index (χ2v) is 5.48. The minimum Gasteiger partial charge on any atom is -0.491 e. The quantitative estimate of drug-likeness (QED) is 0.752. The molecular formula is C16H26NO2+. The average Bonchev–Trinajstić information content (AvgIpc) is 2.44. The number of likely N-dealkylation sites (tertiary alicyclic amines) is 1. The van der Waals surface area contributed by atoms with Gasteiger partial charge in [-0.25, -0.2) is 0 Å². The maximum absolute atomic E-state index is 5.65. The van der Waals surface area contributed by atoms with Gasteiger partial charge in [0.05, 0.1) is 26.3 Å². The van der Waals surface area contributed by atoms with Crippen LogP contribution in [0, 0.1) is 5.92 Å². The summed E-state index contributed by atoms with van der Waals surface area (Å²) in [5, 5.41) is 0. The predicted molar refractivity (Wildman–Crippen MR) is 76.7 cm³/mol. The van der Waals surface area contributed by atoms with Gasteiger partial charge < -0.3 is 14.4 Å². The van der Waals surface area contributed by atoms with Gasteiger partial charge in [0, 0.05) is 5.92 Å². The molecule has 1 fully saturated rings. The Morgan fingerprint density at radius 2 is 2.00 bits per heavy atom. The number of hydrogen-bond acceptors (Lipinski definition) is 2. The summed E-state index contributed by atoms with van der Waals surface area (Å²) in [6, 6.07) is 9.90. The van der Waals surface area contributed by atoms with E-state index in [4.69, 9.17) is 9.47 Å². The van der Waals surface area contributed by atoms with Crippen molar-refractivity contribution in [1.82, 2.24) is 0 Å². The van der Waals surface area contributed by atoms with E-state index in [1.54, 1.807) is 4.90 Å². The van der Waals surface area contributed by atoms with Crippen LogP contribution in [-0.4, -0.2) is 39.5 Å². The largest absolute Gasteiger partial charge is 0.491 e. The van der Waals surface area contributed by atoms with Gasteiger partial charge in [-0.1, -0.05) is 25.1 Å². The van der Waals surface area contributed by atoms with Gasteiger partial charge >= 0.3 is 0 Å². The molecule has 3 nitrogen and oxygen atoms in total. The van der Waals surface area contributed by atoms with Crippen molar-refractivity contribution in [1.29, 1.82) is 0 Å². The van der Waals surface area contributed by atoms with Crippen LogP contribution in [0.5, 0.6) is 5.75 Å². The number of quaternary nitrogens is 1. The van der Waals surface area contributed by atoms with E-state index >= 15 is 0 Å². The molecule has 1 aromatic carbocycles. The van der Waals surface area contributed by atoms with E-state index in [1.807, 2.05) is 30.3 Å². The number of piperidine rings is 1. The first-order valence-corrected chi connectivity index (χ1v) is 7.44. The van der Waals surface area contributed by atoms with Crippen LogP contribution in [0.4, 0.5) is 0 Å².